The normalized spacial score (nSPS) is 17.7. The Hall–Kier alpha value is -1.17. The van der Waals surface area contributed by atoms with E-state index in [1.807, 2.05) is 12.1 Å². The van der Waals surface area contributed by atoms with Crippen LogP contribution in [0.25, 0.3) is 0 Å². The number of rotatable bonds is 7. The van der Waals surface area contributed by atoms with Gasteiger partial charge in [-0.25, -0.2) is 0 Å². The van der Waals surface area contributed by atoms with Crippen LogP contribution >= 0.6 is 12.2 Å². The number of hydrogen-bond acceptors (Lipinski definition) is 3. The zero-order valence-electron chi connectivity index (χ0n) is 12.6. The Morgan fingerprint density at radius 1 is 1.48 bits per heavy atom. The van der Waals surface area contributed by atoms with Crippen LogP contribution in [0.5, 0.6) is 0 Å². The number of aryl methyl sites for hydroxylation is 1. The average molecular weight is 308 g/mol. The highest BCUT2D eigenvalue weighted by Crippen LogP contribution is 2.12. The lowest BCUT2D eigenvalue weighted by atomic mass is 10.2. The second-order valence-electron chi connectivity index (χ2n) is 5.31. The van der Waals surface area contributed by atoms with Crippen LogP contribution in [0.3, 0.4) is 0 Å². The van der Waals surface area contributed by atoms with E-state index in [1.165, 1.54) is 5.56 Å². The molecule has 21 heavy (non-hydrogen) atoms. The van der Waals surface area contributed by atoms with Crippen molar-refractivity contribution in [1.29, 1.82) is 0 Å². The maximum Gasteiger partial charge on any atom is 0.170 e. The van der Waals surface area contributed by atoms with Crippen LogP contribution in [0, 0.1) is 6.92 Å². The zero-order chi connectivity index (χ0) is 14.9. The monoisotopic (exact) mass is 308 g/mol. The topological polar surface area (TPSA) is 42.5 Å². The molecule has 2 N–H and O–H groups in total. The molecule has 0 unspecified atom stereocenters. The molecule has 0 radical (unpaired) electrons. The molecule has 0 aromatic heterocycles. The predicted molar refractivity (Wildman–Crippen MR) is 89.8 cm³/mol. The van der Waals surface area contributed by atoms with E-state index in [2.05, 4.69) is 29.7 Å². The van der Waals surface area contributed by atoms with Crippen molar-refractivity contribution in [3.05, 3.63) is 29.8 Å². The summed E-state index contributed by atoms with van der Waals surface area (Å²) >= 11 is 5.26. The molecule has 0 aliphatic carbocycles. The van der Waals surface area contributed by atoms with Crippen molar-refractivity contribution in [3.63, 3.8) is 0 Å². The van der Waals surface area contributed by atoms with Gasteiger partial charge in [-0.15, -0.1) is 0 Å². The largest absolute Gasteiger partial charge is 0.379 e. The molecule has 5 heteroatoms. The van der Waals surface area contributed by atoms with Gasteiger partial charge >= 0.3 is 0 Å². The lowest BCUT2D eigenvalue weighted by Crippen LogP contribution is -2.30. The van der Waals surface area contributed by atoms with Gasteiger partial charge in [0.25, 0.3) is 0 Å². The van der Waals surface area contributed by atoms with Gasteiger partial charge in [0.15, 0.2) is 5.11 Å². The number of thiocarbonyl (C=S) groups is 1. The molecule has 0 amide bonds. The van der Waals surface area contributed by atoms with Gasteiger partial charge in [0.1, 0.15) is 0 Å². The minimum atomic E-state index is 0.307. The van der Waals surface area contributed by atoms with Crippen molar-refractivity contribution >= 4 is 23.0 Å². The Bertz CT molecular complexity index is 448. The molecule has 1 aliphatic rings. The fraction of sp³-hybridized carbons (Fsp3) is 0.562. The third-order valence-electron chi connectivity index (χ3n) is 3.35. The van der Waals surface area contributed by atoms with E-state index in [4.69, 9.17) is 21.7 Å². The number of benzene rings is 1. The fourth-order valence-electron chi connectivity index (χ4n) is 2.26. The van der Waals surface area contributed by atoms with E-state index in [0.717, 1.165) is 44.7 Å². The summed E-state index contributed by atoms with van der Waals surface area (Å²) in [6.45, 7) is 5.20. The van der Waals surface area contributed by atoms with Gasteiger partial charge < -0.3 is 20.1 Å². The summed E-state index contributed by atoms with van der Waals surface area (Å²) in [7, 11) is 0. The first-order valence-electron chi connectivity index (χ1n) is 7.55. The summed E-state index contributed by atoms with van der Waals surface area (Å²) in [6.07, 6.45) is 3.53. The molecule has 1 heterocycles. The summed E-state index contributed by atoms with van der Waals surface area (Å²) in [6, 6.07) is 8.15. The highest BCUT2D eigenvalue weighted by Gasteiger charge is 2.14. The molecular weight excluding hydrogens is 284 g/mol. The second-order valence-corrected chi connectivity index (χ2v) is 5.72. The van der Waals surface area contributed by atoms with E-state index in [1.54, 1.807) is 0 Å². The highest BCUT2D eigenvalue weighted by atomic mass is 32.1. The molecule has 1 aromatic rings. The van der Waals surface area contributed by atoms with E-state index >= 15 is 0 Å². The van der Waals surface area contributed by atoms with Gasteiger partial charge in [0, 0.05) is 25.4 Å². The molecule has 2 rings (SSSR count). The van der Waals surface area contributed by atoms with Crippen molar-refractivity contribution in [1.82, 2.24) is 5.32 Å². The van der Waals surface area contributed by atoms with Gasteiger partial charge in [-0.05, 0) is 56.1 Å². The Kier molecular flexibility index (Phi) is 6.92. The molecule has 0 spiro atoms. The standard InChI is InChI=1S/C16H24N2O2S/c1-13-5-2-6-14(11-13)18-16(21)17-8-4-9-19-12-15-7-3-10-20-15/h2,5-6,11,15H,3-4,7-10,12H2,1H3,(H2,17,18,21)/t15-/m0/s1. The summed E-state index contributed by atoms with van der Waals surface area (Å²) < 4.78 is 11.1. The number of anilines is 1. The van der Waals surface area contributed by atoms with Crippen LogP contribution in [0.4, 0.5) is 5.69 Å². The van der Waals surface area contributed by atoms with Crippen molar-refractivity contribution in [2.45, 2.75) is 32.3 Å². The summed E-state index contributed by atoms with van der Waals surface area (Å²) in [5, 5.41) is 7.02. The van der Waals surface area contributed by atoms with Crippen LogP contribution in [0.1, 0.15) is 24.8 Å². The molecule has 116 valence electrons. The molecule has 1 fully saturated rings. The Morgan fingerprint density at radius 3 is 3.14 bits per heavy atom. The molecule has 0 bridgehead atoms. The smallest absolute Gasteiger partial charge is 0.170 e. The van der Waals surface area contributed by atoms with Crippen molar-refractivity contribution in [3.8, 4) is 0 Å². The zero-order valence-corrected chi connectivity index (χ0v) is 13.4. The van der Waals surface area contributed by atoms with Crippen LogP contribution in [-0.4, -0.2) is 37.6 Å². The molecule has 1 aromatic carbocycles. The van der Waals surface area contributed by atoms with Crippen molar-refractivity contribution in [2.24, 2.45) is 0 Å². The molecule has 4 nitrogen and oxygen atoms in total. The molecule has 0 saturated carbocycles. The quantitative estimate of drug-likeness (QED) is 0.599. The second kappa shape index (κ2) is 8.97. The fourth-order valence-corrected chi connectivity index (χ4v) is 2.48. The third kappa shape index (κ3) is 6.42. The lowest BCUT2D eigenvalue weighted by molar-refractivity contribution is 0.0168. The predicted octanol–water partition coefficient (Wildman–Crippen LogP) is 2.87. The molecule has 1 saturated heterocycles. The Balaban J connectivity index is 1.51. The van der Waals surface area contributed by atoms with Gasteiger partial charge in [-0.1, -0.05) is 12.1 Å². The lowest BCUT2D eigenvalue weighted by Gasteiger charge is -2.12. The first-order valence-corrected chi connectivity index (χ1v) is 7.96. The first-order chi connectivity index (χ1) is 10.2. The first kappa shape index (κ1) is 16.2. The van der Waals surface area contributed by atoms with Crippen LogP contribution < -0.4 is 10.6 Å². The minimum Gasteiger partial charge on any atom is -0.379 e. The van der Waals surface area contributed by atoms with Gasteiger partial charge in [0.2, 0.25) is 0 Å². The summed E-state index contributed by atoms with van der Waals surface area (Å²) in [5.74, 6) is 0. The van der Waals surface area contributed by atoms with Crippen LogP contribution in [-0.2, 0) is 9.47 Å². The van der Waals surface area contributed by atoms with E-state index in [0.29, 0.717) is 17.8 Å². The van der Waals surface area contributed by atoms with Crippen molar-refractivity contribution in [2.75, 3.05) is 31.7 Å². The molecule has 1 atom stereocenters. The van der Waals surface area contributed by atoms with Crippen LogP contribution in [0.2, 0.25) is 0 Å². The average Bonchev–Trinajstić information content (AvgIpc) is 2.96. The summed E-state index contributed by atoms with van der Waals surface area (Å²) in [4.78, 5) is 0. The number of ether oxygens (including phenoxy) is 2. The van der Waals surface area contributed by atoms with Gasteiger partial charge in [-0.2, -0.15) is 0 Å². The van der Waals surface area contributed by atoms with E-state index in [9.17, 15) is 0 Å². The highest BCUT2D eigenvalue weighted by molar-refractivity contribution is 7.80. The third-order valence-corrected chi connectivity index (χ3v) is 3.60. The molecule has 1 aliphatic heterocycles. The maximum absolute atomic E-state index is 5.60. The maximum atomic E-state index is 5.60. The van der Waals surface area contributed by atoms with E-state index < -0.39 is 0 Å². The van der Waals surface area contributed by atoms with Crippen molar-refractivity contribution < 1.29 is 9.47 Å². The minimum absolute atomic E-state index is 0.307. The van der Waals surface area contributed by atoms with Crippen LogP contribution in [0.15, 0.2) is 24.3 Å². The van der Waals surface area contributed by atoms with Gasteiger partial charge in [-0.3, -0.25) is 0 Å². The molecular formula is C16H24N2O2S. The number of nitrogens with one attached hydrogen (secondary N) is 2. The SMILES string of the molecule is Cc1cccc(NC(=S)NCCCOC[C@@H]2CCCO2)c1. The Morgan fingerprint density at radius 2 is 2.38 bits per heavy atom. The van der Waals surface area contributed by atoms with Gasteiger partial charge in [0.05, 0.1) is 12.7 Å². The Labute approximate surface area is 132 Å². The van der Waals surface area contributed by atoms with E-state index in [-0.39, 0.29) is 0 Å². The summed E-state index contributed by atoms with van der Waals surface area (Å²) in [5.41, 5.74) is 2.23. The number of hydrogen-bond donors (Lipinski definition) is 2.